The number of Topliss-reactive ketones (excluding diaryl/α,β-unsaturated/α-hetero) is 2. The van der Waals surface area contributed by atoms with Crippen molar-refractivity contribution in [1.82, 2.24) is 35.9 Å². The van der Waals surface area contributed by atoms with Crippen molar-refractivity contribution in [3.05, 3.63) is 52.1 Å². The summed E-state index contributed by atoms with van der Waals surface area (Å²) in [5, 5.41) is 21.5. The normalized spacial score (nSPS) is 13.8. The summed E-state index contributed by atoms with van der Waals surface area (Å²) in [7, 11) is 1.79. The maximum absolute atomic E-state index is 12.8. The molecular formula is C32H45N9O6. The van der Waals surface area contributed by atoms with Crippen LogP contribution in [-0.4, -0.2) is 79.7 Å². The third-order valence-corrected chi connectivity index (χ3v) is 8.28. The molecule has 3 aromatic rings. The van der Waals surface area contributed by atoms with E-state index < -0.39 is 35.1 Å². The van der Waals surface area contributed by atoms with Crippen LogP contribution in [0.25, 0.3) is 11.2 Å². The van der Waals surface area contributed by atoms with Gasteiger partial charge in [-0.25, -0.2) is 14.8 Å². The van der Waals surface area contributed by atoms with Crippen molar-refractivity contribution in [3.8, 4) is 0 Å². The van der Waals surface area contributed by atoms with Gasteiger partial charge in [-0.05, 0) is 77.4 Å². The number of hydrogen-bond donors (Lipinski definition) is 7. The van der Waals surface area contributed by atoms with Gasteiger partial charge in [0.2, 0.25) is 5.95 Å². The van der Waals surface area contributed by atoms with Gasteiger partial charge in [0.1, 0.15) is 11.8 Å². The van der Waals surface area contributed by atoms with Crippen LogP contribution in [0.15, 0.2) is 35.3 Å². The number of aliphatic carboxylic acids is 1. The lowest BCUT2D eigenvalue weighted by Crippen LogP contribution is -2.46. The molecule has 2 aromatic heterocycles. The molecule has 0 saturated heterocycles. The molecule has 15 heteroatoms. The molecule has 1 amide bonds. The monoisotopic (exact) mass is 651 g/mol. The number of carboxylic acid groups (broad SMARTS) is 1. The Bertz CT molecular complexity index is 1600. The van der Waals surface area contributed by atoms with Gasteiger partial charge in [-0.1, -0.05) is 13.3 Å². The fraction of sp³-hybridized carbons (Fsp3) is 0.500. The van der Waals surface area contributed by atoms with Gasteiger partial charge >= 0.3 is 5.97 Å². The van der Waals surface area contributed by atoms with Crippen LogP contribution >= 0.6 is 0 Å². The predicted molar refractivity (Wildman–Crippen MR) is 178 cm³/mol. The molecule has 0 radical (unpaired) electrons. The number of likely N-dealkylation sites (N-methyl/N-ethyl adjacent to an activating group) is 1. The highest BCUT2D eigenvalue weighted by atomic mass is 16.4. The summed E-state index contributed by atoms with van der Waals surface area (Å²) in [6, 6.07) is 4.67. The highest BCUT2D eigenvalue weighted by Gasteiger charge is 2.28. The Morgan fingerprint density at radius 2 is 1.79 bits per heavy atom. The maximum Gasteiger partial charge on any atom is 0.326 e. The summed E-state index contributed by atoms with van der Waals surface area (Å²) in [5.41, 5.74) is 6.11. The van der Waals surface area contributed by atoms with Crippen molar-refractivity contribution in [3.63, 3.8) is 0 Å². The Balaban J connectivity index is 1.41. The number of rotatable bonds is 20. The van der Waals surface area contributed by atoms with Gasteiger partial charge in [0.15, 0.2) is 16.9 Å². The van der Waals surface area contributed by atoms with Crippen molar-refractivity contribution in [1.29, 1.82) is 0 Å². The Labute approximate surface area is 272 Å². The molecule has 47 heavy (non-hydrogen) atoms. The first-order valence-electron chi connectivity index (χ1n) is 15.7. The van der Waals surface area contributed by atoms with E-state index in [1.165, 1.54) is 18.3 Å². The number of aromatic amines is 1. The molecule has 0 bridgehead atoms. The van der Waals surface area contributed by atoms with E-state index in [9.17, 15) is 29.1 Å². The number of aromatic nitrogens is 4. The van der Waals surface area contributed by atoms with E-state index >= 15 is 0 Å². The zero-order valence-electron chi connectivity index (χ0n) is 27.3. The molecule has 0 spiro atoms. The average molecular weight is 652 g/mol. The minimum Gasteiger partial charge on any atom is -0.480 e. The Morgan fingerprint density at radius 1 is 1.06 bits per heavy atom. The van der Waals surface area contributed by atoms with E-state index in [1.54, 1.807) is 26.1 Å². The first-order valence-corrected chi connectivity index (χ1v) is 15.7. The molecular weight excluding hydrogens is 606 g/mol. The van der Waals surface area contributed by atoms with Gasteiger partial charge in [-0.15, -0.1) is 0 Å². The molecule has 8 N–H and O–H groups in total. The smallest absolute Gasteiger partial charge is 0.326 e. The lowest BCUT2D eigenvalue weighted by Gasteiger charge is -2.26. The first kappa shape index (κ1) is 36.7. The van der Waals surface area contributed by atoms with Crippen molar-refractivity contribution < 1.29 is 24.3 Å². The second kappa shape index (κ2) is 17.2. The number of unbranched alkanes of at least 4 members (excludes halogenated alkanes) is 2. The predicted octanol–water partition coefficient (Wildman–Crippen LogP) is 1.94. The molecule has 0 fully saturated rings. The van der Waals surface area contributed by atoms with Crippen LogP contribution < -0.4 is 32.6 Å². The molecule has 0 aliphatic rings. The Morgan fingerprint density at radius 3 is 2.45 bits per heavy atom. The number of H-pyrrole nitrogens is 1. The number of amides is 1. The van der Waals surface area contributed by atoms with Gasteiger partial charge in [0.05, 0.1) is 30.0 Å². The van der Waals surface area contributed by atoms with Crippen LogP contribution in [0.4, 0.5) is 11.6 Å². The number of nitrogens with one attached hydrogen (secondary N) is 5. The van der Waals surface area contributed by atoms with Crippen molar-refractivity contribution >= 4 is 46.2 Å². The van der Waals surface area contributed by atoms with Crippen LogP contribution in [0.3, 0.4) is 0 Å². The minimum absolute atomic E-state index is 0.0185. The number of nitrogen functional groups attached to an aromatic ring is 1. The van der Waals surface area contributed by atoms with Gasteiger partial charge < -0.3 is 32.1 Å². The fourth-order valence-corrected chi connectivity index (χ4v) is 4.80. The molecule has 3 unspecified atom stereocenters. The first-order chi connectivity index (χ1) is 22.4. The molecule has 2 heterocycles. The molecule has 0 saturated carbocycles. The third-order valence-electron chi connectivity index (χ3n) is 8.28. The van der Waals surface area contributed by atoms with Gasteiger partial charge in [0, 0.05) is 24.1 Å². The lowest BCUT2D eigenvalue weighted by atomic mass is 9.90. The third kappa shape index (κ3) is 10.6. The fourth-order valence-electron chi connectivity index (χ4n) is 4.80. The molecule has 15 nitrogen and oxygen atoms in total. The second-order valence-corrected chi connectivity index (χ2v) is 11.6. The molecule has 1 aromatic carbocycles. The van der Waals surface area contributed by atoms with E-state index in [1.807, 2.05) is 13.8 Å². The largest absolute Gasteiger partial charge is 0.480 e. The van der Waals surface area contributed by atoms with Crippen LogP contribution in [0, 0.1) is 0 Å². The van der Waals surface area contributed by atoms with Crippen molar-refractivity contribution in [2.24, 2.45) is 0 Å². The van der Waals surface area contributed by atoms with Crippen molar-refractivity contribution in [2.45, 2.75) is 89.9 Å². The van der Waals surface area contributed by atoms with Crippen LogP contribution in [0.2, 0.25) is 0 Å². The zero-order chi connectivity index (χ0) is 34.6. The van der Waals surface area contributed by atoms with E-state index in [0.717, 1.165) is 25.7 Å². The molecule has 0 aliphatic heterocycles. The summed E-state index contributed by atoms with van der Waals surface area (Å²) in [6.07, 6.45) is 5.07. The summed E-state index contributed by atoms with van der Waals surface area (Å²) >= 11 is 0. The van der Waals surface area contributed by atoms with E-state index in [2.05, 4.69) is 41.2 Å². The number of nitrogens with two attached hydrogens (primary N) is 1. The van der Waals surface area contributed by atoms with Crippen molar-refractivity contribution in [2.75, 3.05) is 24.6 Å². The number of nitrogens with zero attached hydrogens (tertiary/aromatic N) is 3. The Kier molecular flexibility index (Phi) is 13.5. The number of anilines is 2. The molecule has 254 valence electrons. The number of carbonyl (C=O) groups excluding carboxylic acids is 3. The molecule has 0 aliphatic carbocycles. The summed E-state index contributed by atoms with van der Waals surface area (Å²) in [4.78, 5) is 76.4. The topological polar surface area (TPSA) is 234 Å². The quantitative estimate of drug-likeness (QED) is 0.0866. The van der Waals surface area contributed by atoms with Gasteiger partial charge in [0.25, 0.3) is 11.5 Å². The van der Waals surface area contributed by atoms with Crippen LogP contribution in [0.5, 0.6) is 0 Å². The van der Waals surface area contributed by atoms with Crippen LogP contribution in [-0.2, 0) is 20.9 Å². The molecule has 3 rings (SSSR count). The van der Waals surface area contributed by atoms with Gasteiger partial charge in [-0.2, -0.15) is 4.98 Å². The highest BCUT2D eigenvalue weighted by Crippen LogP contribution is 2.15. The average Bonchev–Trinajstić information content (AvgIpc) is 3.06. The highest BCUT2D eigenvalue weighted by molar-refractivity contribution is 5.97. The zero-order valence-corrected chi connectivity index (χ0v) is 27.3. The molecule has 3 atom stereocenters. The SMILES string of the molecule is CCC(C)(NC)C(=O)CCCCCNC(C)C(=O)CCC(NC(=O)c1ccc(NCc2cnc3nc(N)[nH]c(=O)c3n2)cc1)C(=O)O. The van der Waals surface area contributed by atoms with Gasteiger partial charge in [-0.3, -0.25) is 24.2 Å². The second-order valence-electron chi connectivity index (χ2n) is 11.6. The number of benzene rings is 1. The number of hydrogen-bond acceptors (Lipinski definition) is 12. The summed E-state index contributed by atoms with van der Waals surface area (Å²) in [5.74, 6) is -1.81. The summed E-state index contributed by atoms with van der Waals surface area (Å²) < 4.78 is 0. The summed E-state index contributed by atoms with van der Waals surface area (Å²) in [6.45, 7) is 6.46. The standard InChI is InChI=1S/C32H45N9O6/c1-5-32(3,34-4)25(43)9-7-6-8-16-35-19(2)24(42)15-14-23(30(46)47)39-28(44)20-10-12-21(13-11-20)36-17-22-18-37-27-26(38-22)29(45)41-31(33)40-27/h10-13,18-19,23,34-36H,5-9,14-17H2,1-4H3,(H,39,44)(H,46,47)(H3,33,37,40,41,45). The number of carboxylic acids is 1. The van der Waals surface area contributed by atoms with E-state index in [-0.39, 0.29) is 53.6 Å². The number of ketones is 2. The minimum atomic E-state index is -1.24. The lowest BCUT2D eigenvalue weighted by molar-refractivity contribution is -0.139. The van der Waals surface area contributed by atoms with E-state index in [4.69, 9.17) is 5.73 Å². The van der Waals surface area contributed by atoms with Crippen LogP contribution in [0.1, 0.15) is 81.8 Å². The maximum atomic E-state index is 12.8. The Hall–Kier alpha value is -4.76. The number of fused-ring (bicyclic) bond motifs is 1. The van der Waals surface area contributed by atoms with E-state index in [0.29, 0.717) is 24.3 Å². The number of carbonyl (C=O) groups is 4.